The number of alkyl halides is 6. The molecule has 2 aromatic rings. The molecule has 3 N–H and O–H groups in total. The Balaban J connectivity index is 1.78. The highest BCUT2D eigenvalue weighted by molar-refractivity contribution is 7.09. The highest BCUT2D eigenvalue weighted by Crippen LogP contribution is 2.30. The van der Waals surface area contributed by atoms with Crippen molar-refractivity contribution in [2.45, 2.75) is 25.5 Å². The van der Waals surface area contributed by atoms with Crippen molar-refractivity contribution >= 4 is 17.3 Å². The van der Waals surface area contributed by atoms with Gasteiger partial charge in [0, 0.05) is 18.3 Å². The van der Waals surface area contributed by atoms with Crippen LogP contribution in [0.4, 0.5) is 26.3 Å². The van der Waals surface area contributed by atoms with Crippen LogP contribution in [-0.2, 0) is 19.1 Å². The molecule has 148 valence electrons. The summed E-state index contributed by atoms with van der Waals surface area (Å²) in [6.45, 7) is 0.346. The molecule has 0 bridgehead atoms. The number of benzene rings is 1. The van der Waals surface area contributed by atoms with Crippen LogP contribution in [0.2, 0.25) is 0 Å². The number of hydrogen-bond donors (Lipinski definition) is 2. The molecule has 0 spiro atoms. The lowest BCUT2D eigenvalue weighted by Gasteiger charge is -2.09. The van der Waals surface area contributed by atoms with E-state index in [0.717, 1.165) is 28.8 Å². The third-order valence-corrected chi connectivity index (χ3v) is 3.98. The molecule has 1 aromatic carbocycles. The molecule has 2 rings (SSSR count). The van der Waals surface area contributed by atoms with Crippen LogP contribution in [0.25, 0.3) is 0 Å². The third kappa shape index (κ3) is 7.33. The highest BCUT2D eigenvalue weighted by atomic mass is 32.1. The molecule has 0 unspecified atom stereocenters. The van der Waals surface area contributed by atoms with Crippen LogP contribution in [0.15, 0.2) is 34.6 Å². The van der Waals surface area contributed by atoms with E-state index in [1.165, 1.54) is 12.1 Å². The molecule has 0 saturated heterocycles. The lowest BCUT2D eigenvalue weighted by atomic mass is 10.2. The quantitative estimate of drug-likeness (QED) is 0.431. The van der Waals surface area contributed by atoms with E-state index in [2.05, 4.69) is 20.0 Å². The average Bonchev–Trinajstić information content (AvgIpc) is 3.02. The summed E-state index contributed by atoms with van der Waals surface area (Å²) in [6.07, 6.45) is -8.99. The fraction of sp³-hybridized carbons (Fsp3) is 0.333. The van der Waals surface area contributed by atoms with Crippen molar-refractivity contribution in [2.24, 2.45) is 10.7 Å². The number of nitrogens with one attached hydrogen (secondary N) is 1. The van der Waals surface area contributed by atoms with E-state index in [9.17, 15) is 26.3 Å². The summed E-state index contributed by atoms with van der Waals surface area (Å²) in [4.78, 5) is 7.48. The predicted octanol–water partition coefficient (Wildman–Crippen LogP) is 3.71. The normalized spacial score (nSPS) is 12.9. The van der Waals surface area contributed by atoms with Gasteiger partial charge in [-0.1, -0.05) is 12.1 Å². The van der Waals surface area contributed by atoms with E-state index >= 15 is 0 Å². The van der Waals surface area contributed by atoms with E-state index < -0.39 is 18.2 Å². The molecule has 1 aromatic heterocycles. The molecule has 0 fully saturated rings. The van der Waals surface area contributed by atoms with E-state index in [4.69, 9.17) is 5.73 Å². The number of ether oxygens (including phenoxy) is 1. The molecule has 27 heavy (non-hydrogen) atoms. The summed E-state index contributed by atoms with van der Waals surface area (Å²) in [5.41, 5.74) is 5.31. The van der Waals surface area contributed by atoms with Gasteiger partial charge in [0.2, 0.25) is 0 Å². The number of rotatable bonds is 6. The monoisotopic (exact) mass is 412 g/mol. The van der Waals surface area contributed by atoms with Crippen molar-refractivity contribution in [1.29, 1.82) is 0 Å². The van der Waals surface area contributed by atoms with Crippen LogP contribution in [0, 0.1) is 0 Å². The zero-order valence-electron chi connectivity index (χ0n) is 13.6. The summed E-state index contributed by atoms with van der Waals surface area (Å²) >= 11 is 0.900. The van der Waals surface area contributed by atoms with Gasteiger partial charge >= 0.3 is 12.5 Å². The number of aliphatic imine (C=N–C) groups is 1. The highest BCUT2D eigenvalue weighted by Gasteiger charge is 2.33. The summed E-state index contributed by atoms with van der Waals surface area (Å²) in [6, 6.07) is 5.13. The standard InChI is InChI=1S/C15H14F6N4OS/c16-14(17,18)11-8-27-12(25-11)5-6-23-13(22)24-7-9-1-3-10(4-2-9)26-15(19,20)21/h1-4,8H,5-7H2,(H3,22,23,24). The van der Waals surface area contributed by atoms with Crippen LogP contribution in [0.3, 0.4) is 0 Å². The maximum Gasteiger partial charge on any atom is 0.573 e. The summed E-state index contributed by atoms with van der Waals surface area (Å²) in [7, 11) is 0. The van der Waals surface area contributed by atoms with Gasteiger partial charge in [0.1, 0.15) is 5.75 Å². The first-order valence-corrected chi connectivity index (χ1v) is 8.31. The topological polar surface area (TPSA) is 72.5 Å². The average molecular weight is 412 g/mol. The Kier molecular flexibility index (Phi) is 6.52. The van der Waals surface area contributed by atoms with Crippen molar-refractivity contribution in [3.63, 3.8) is 0 Å². The van der Waals surface area contributed by atoms with Gasteiger partial charge in [-0.3, -0.25) is 0 Å². The molecule has 0 aliphatic heterocycles. The zero-order valence-corrected chi connectivity index (χ0v) is 14.4. The first kappa shape index (κ1) is 20.8. The second-order valence-electron chi connectivity index (χ2n) is 5.19. The number of thiazole rings is 1. The Bertz CT molecular complexity index is 770. The Morgan fingerprint density at radius 2 is 1.81 bits per heavy atom. The van der Waals surface area contributed by atoms with Gasteiger partial charge in [0.25, 0.3) is 0 Å². The molecule has 0 radical (unpaired) electrons. The predicted molar refractivity (Wildman–Crippen MR) is 87.3 cm³/mol. The summed E-state index contributed by atoms with van der Waals surface area (Å²) in [5, 5.41) is 3.98. The summed E-state index contributed by atoms with van der Waals surface area (Å²) in [5.74, 6) is -0.291. The molecule has 5 nitrogen and oxygen atoms in total. The van der Waals surface area contributed by atoms with Gasteiger partial charge in [0.05, 0.1) is 11.6 Å². The maximum absolute atomic E-state index is 12.4. The van der Waals surface area contributed by atoms with E-state index in [0.29, 0.717) is 10.6 Å². The molecular weight excluding hydrogens is 398 g/mol. The first-order chi connectivity index (χ1) is 12.5. The third-order valence-electron chi connectivity index (χ3n) is 3.08. The number of hydrogen-bond acceptors (Lipinski definition) is 4. The minimum atomic E-state index is -4.76. The van der Waals surface area contributed by atoms with Gasteiger partial charge in [0.15, 0.2) is 11.7 Å². The lowest BCUT2D eigenvalue weighted by Crippen LogP contribution is -2.33. The van der Waals surface area contributed by atoms with Crippen LogP contribution in [-0.4, -0.2) is 23.9 Å². The molecular formula is C15H14F6N4OS. The smallest absolute Gasteiger partial charge is 0.406 e. The van der Waals surface area contributed by atoms with Gasteiger partial charge < -0.3 is 15.8 Å². The van der Waals surface area contributed by atoms with Gasteiger partial charge in [-0.15, -0.1) is 24.5 Å². The number of nitrogens with zero attached hydrogens (tertiary/aromatic N) is 2. The molecule has 0 amide bonds. The van der Waals surface area contributed by atoms with E-state index in [1.54, 1.807) is 0 Å². The van der Waals surface area contributed by atoms with Crippen molar-refractivity contribution < 1.29 is 31.1 Å². The van der Waals surface area contributed by atoms with Gasteiger partial charge in [-0.05, 0) is 17.7 Å². The van der Waals surface area contributed by atoms with E-state index in [-0.39, 0.29) is 31.2 Å². The molecule has 0 aliphatic carbocycles. The maximum atomic E-state index is 12.4. The van der Waals surface area contributed by atoms with Crippen LogP contribution in [0.1, 0.15) is 16.3 Å². The van der Waals surface area contributed by atoms with E-state index in [1.807, 2.05) is 0 Å². The van der Waals surface area contributed by atoms with Crippen LogP contribution < -0.4 is 15.8 Å². The molecule has 1 heterocycles. The molecule has 12 heteroatoms. The number of aromatic nitrogens is 1. The number of guanidine groups is 1. The Labute approximate surface area is 153 Å². The van der Waals surface area contributed by atoms with Crippen LogP contribution in [0.5, 0.6) is 5.75 Å². The lowest BCUT2D eigenvalue weighted by molar-refractivity contribution is -0.274. The van der Waals surface area contributed by atoms with Crippen molar-refractivity contribution in [3.8, 4) is 5.75 Å². The van der Waals surface area contributed by atoms with Gasteiger partial charge in [-0.2, -0.15) is 13.2 Å². The number of halogens is 6. The second-order valence-corrected chi connectivity index (χ2v) is 6.14. The molecule has 0 saturated carbocycles. The first-order valence-electron chi connectivity index (χ1n) is 7.43. The van der Waals surface area contributed by atoms with Crippen molar-refractivity contribution in [3.05, 3.63) is 45.9 Å². The van der Waals surface area contributed by atoms with Crippen molar-refractivity contribution in [1.82, 2.24) is 10.3 Å². The van der Waals surface area contributed by atoms with Crippen LogP contribution >= 0.6 is 11.3 Å². The van der Waals surface area contributed by atoms with Crippen molar-refractivity contribution in [2.75, 3.05) is 6.54 Å². The SMILES string of the molecule is NC(=NCc1ccc(OC(F)(F)F)cc1)NCCc1nc(C(F)(F)F)cs1. The largest absolute Gasteiger partial charge is 0.573 e. The molecule has 0 aliphatic rings. The Morgan fingerprint density at radius 1 is 1.15 bits per heavy atom. The minimum Gasteiger partial charge on any atom is -0.406 e. The van der Waals surface area contributed by atoms with Gasteiger partial charge in [-0.25, -0.2) is 9.98 Å². The fourth-order valence-electron chi connectivity index (χ4n) is 1.88. The Morgan fingerprint density at radius 3 is 2.37 bits per heavy atom. The molecule has 0 atom stereocenters. The second kappa shape index (κ2) is 8.46. The fourth-order valence-corrected chi connectivity index (χ4v) is 2.69. The Hall–Kier alpha value is -2.50. The summed E-state index contributed by atoms with van der Waals surface area (Å²) < 4.78 is 77.3. The number of nitrogens with two attached hydrogens (primary N) is 1. The zero-order chi connectivity index (χ0) is 20.1. The minimum absolute atomic E-state index is 0.0539.